The van der Waals surface area contributed by atoms with Crippen LogP contribution in [0.1, 0.15) is 12.1 Å². The fourth-order valence-corrected chi connectivity index (χ4v) is 1.06. The Morgan fingerprint density at radius 3 is 3.08 bits per heavy atom. The molecule has 0 atom stereocenters. The first kappa shape index (κ1) is 10.2. The zero-order chi connectivity index (χ0) is 9.52. The molecule has 0 aliphatic heterocycles. The molecular weight excluding hydrogens is 186 g/mol. The lowest BCUT2D eigenvalue weighted by atomic mass is 10.4. The van der Waals surface area contributed by atoms with Crippen LogP contribution in [-0.4, -0.2) is 11.6 Å². The second-order valence-corrected chi connectivity index (χ2v) is 2.97. The summed E-state index contributed by atoms with van der Waals surface area (Å²) < 4.78 is 5.32. The van der Waals surface area contributed by atoms with Gasteiger partial charge in [0, 0.05) is 0 Å². The van der Waals surface area contributed by atoms with E-state index >= 15 is 0 Å². The van der Waals surface area contributed by atoms with Crippen LogP contribution in [0.5, 0.6) is 0 Å². The molecule has 0 amide bonds. The Balaban J connectivity index is 2.32. The summed E-state index contributed by atoms with van der Waals surface area (Å²) >= 11 is 5.70. The standard InChI is InChI=1S/C10H12ClNO/c1-2-3-7-13-8-9-5-4-6-10(11)12-9/h2,4-6H,1,3,7-8H2. The van der Waals surface area contributed by atoms with Crippen molar-refractivity contribution in [1.29, 1.82) is 0 Å². The van der Waals surface area contributed by atoms with Crippen molar-refractivity contribution < 1.29 is 4.74 Å². The molecule has 13 heavy (non-hydrogen) atoms. The third-order valence-electron chi connectivity index (χ3n) is 1.49. The highest BCUT2D eigenvalue weighted by atomic mass is 35.5. The fourth-order valence-electron chi connectivity index (χ4n) is 0.874. The van der Waals surface area contributed by atoms with E-state index in [1.165, 1.54) is 0 Å². The van der Waals surface area contributed by atoms with Gasteiger partial charge in [-0.1, -0.05) is 23.7 Å². The van der Waals surface area contributed by atoms with E-state index in [2.05, 4.69) is 11.6 Å². The molecule has 0 bridgehead atoms. The minimum absolute atomic E-state index is 0.504. The molecule has 0 aromatic carbocycles. The average Bonchev–Trinajstić information content (AvgIpc) is 2.13. The second-order valence-electron chi connectivity index (χ2n) is 2.58. The topological polar surface area (TPSA) is 22.1 Å². The van der Waals surface area contributed by atoms with Crippen LogP contribution in [0, 0.1) is 0 Å². The van der Waals surface area contributed by atoms with Crippen molar-refractivity contribution in [2.24, 2.45) is 0 Å². The van der Waals surface area contributed by atoms with Gasteiger partial charge < -0.3 is 4.74 Å². The Morgan fingerprint density at radius 1 is 1.54 bits per heavy atom. The van der Waals surface area contributed by atoms with Crippen LogP contribution in [-0.2, 0) is 11.3 Å². The van der Waals surface area contributed by atoms with E-state index in [0.717, 1.165) is 12.1 Å². The summed E-state index contributed by atoms with van der Waals surface area (Å²) in [4.78, 5) is 4.09. The molecule has 0 saturated carbocycles. The zero-order valence-corrected chi connectivity index (χ0v) is 8.13. The van der Waals surface area contributed by atoms with E-state index in [-0.39, 0.29) is 0 Å². The molecule has 1 heterocycles. The van der Waals surface area contributed by atoms with Gasteiger partial charge in [0.15, 0.2) is 0 Å². The second kappa shape index (κ2) is 5.73. The van der Waals surface area contributed by atoms with Crippen molar-refractivity contribution in [1.82, 2.24) is 4.98 Å². The SMILES string of the molecule is C=CCCOCc1cccc(Cl)n1. The minimum atomic E-state index is 0.504. The predicted octanol–water partition coefficient (Wildman–Crippen LogP) is 2.83. The largest absolute Gasteiger partial charge is 0.375 e. The van der Waals surface area contributed by atoms with Crippen molar-refractivity contribution in [3.63, 3.8) is 0 Å². The van der Waals surface area contributed by atoms with Crippen LogP contribution in [0.3, 0.4) is 0 Å². The Hall–Kier alpha value is -0.860. The predicted molar refractivity (Wildman–Crippen MR) is 53.7 cm³/mol. The zero-order valence-electron chi connectivity index (χ0n) is 7.37. The molecule has 3 heteroatoms. The maximum Gasteiger partial charge on any atom is 0.129 e. The third-order valence-corrected chi connectivity index (χ3v) is 1.70. The fraction of sp³-hybridized carbons (Fsp3) is 0.300. The van der Waals surface area contributed by atoms with Crippen LogP contribution in [0.4, 0.5) is 0 Å². The lowest BCUT2D eigenvalue weighted by Gasteiger charge is -2.01. The molecule has 1 aromatic heterocycles. The summed E-state index contributed by atoms with van der Waals surface area (Å²) in [6, 6.07) is 5.50. The van der Waals surface area contributed by atoms with Crippen LogP contribution in [0.25, 0.3) is 0 Å². The first-order chi connectivity index (χ1) is 6.33. The number of hydrogen-bond donors (Lipinski definition) is 0. The number of hydrogen-bond acceptors (Lipinski definition) is 2. The molecule has 0 N–H and O–H groups in total. The number of halogens is 1. The first-order valence-corrected chi connectivity index (χ1v) is 4.51. The monoisotopic (exact) mass is 197 g/mol. The number of ether oxygens (including phenoxy) is 1. The Morgan fingerprint density at radius 2 is 2.38 bits per heavy atom. The Labute approximate surface area is 83.2 Å². The van der Waals surface area contributed by atoms with E-state index in [9.17, 15) is 0 Å². The highest BCUT2D eigenvalue weighted by Crippen LogP contribution is 2.05. The third kappa shape index (κ3) is 4.06. The normalized spacial score (nSPS) is 9.92. The summed E-state index contributed by atoms with van der Waals surface area (Å²) in [6.45, 7) is 4.79. The van der Waals surface area contributed by atoms with Gasteiger partial charge in [-0.25, -0.2) is 4.98 Å². The maximum atomic E-state index is 5.70. The van der Waals surface area contributed by atoms with Gasteiger partial charge in [-0.15, -0.1) is 6.58 Å². The molecule has 0 radical (unpaired) electrons. The number of aromatic nitrogens is 1. The average molecular weight is 198 g/mol. The van der Waals surface area contributed by atoms with Gasteiger partial charge in [0.25, 0.3) is 0 Å². The van der Waals surface area contributed by atoms with Crippen LogP contribution < -0.4 is 0 Å². The van der Waals surface area contributed by atoms with Gasteiger partial charge in [0.2, 0.25) is 0 Å². The molecule has 1 aromatic rings. The van der Waals surface area contributed by atoms with E-state index in [0.29, 0.717) is 18.4 Å². The highest BCUT2D eigenvalue weighted by Gasteiger charge is 1.94. The van der Waals surface area contributed by atoms with Crippen molar-refractivity contribution in [2.75, 3.05) is 6.61 Å². The van der Waals surface area contributed by atoms with Gasteiger partial charge in [0.05, 0.1) is 18.9 Å². The van der Waals surface area contributed by atoms with Gasteiger partial charge in [-0.3, -0.25) is 0 Å². The van der Waals surface area contributed by atoms with E-state index in [1.54, 1.807) is 6.07 Å². The molecule has 0 saturated heterocycles. The Bertz CT molecular complexity index is 275. The van der Waals surface area contributed by atoms with Crippen LogP contribution in [0.15, 0.2) is 30.9 Å². The minimum Gasteiger partial charge on any atom is -0.375 e. The molecule has 0 spiro atoms. The van der Waals surface area contributed by atoms with Crippen molar-refractivity contribution >= 4 is 11.6 Å². The van der Waals surface area contributed by atoms with Gasteiger partial charge in [0.1, 0.15) is 5.15 Å². The number of pyridine rings is 1. The quantitative estimate of drug-likeness (QED) is 0.412. The van der Waals surface area contributed by atoms with Gasteiger partial charge in [-0.2, -0.15) is 0 Å². The summed E-state index contributed by atoms with van der Waals surface area (Å²) in [5, 5.41) is 0.504. The van der Waals surface area contributed by atoms with Crippen LogP contribution >= 0.6 is 11.6 Å². The molecule has 0 unspecified atom stereocenters. The van der Waals surface area contributed by atoms with E-state index in [4.69, 9.17) is 16.3 Å². The molecule has 0 aliphatic rings. The van der Waals surface area contributed by atoms with Crippen molar-refractivity contribution in [2.45, 2.75) is 13.0 Å². The van der Waals surface area contributed by atoms with Gasteiger partial charge in [-0.05, 0) is 18.6 Å². The number of nitrogens with zero attached hydrogens (tertiary/aromatic N) is 1. The first-order valence-electron chi connectivity index (χ1n) is 4.13. The van der Waals surface area contributed by atoms with Crippen molar-refractivity contribution in [3.05, 3.63) is 41.7 Å². The Kier molecular flexibility index (Phi) is 4.50. The molecule has 0 aliphatic carbocycles. The summed E-state index contributed by atoms with van der Waals surface area (Å²) in [5.41, 5.74) is 0.858. The maximum absolute atomic E-state index is 5.70. The molecule has 0 fully saturated rings. The molecular formula is C10H12ClNO. The van der Waals surface area contributed by atoms with Gasteiger partial charge >= 0.3 is 0 Å². The number of rotatable bonds is 5. The lowest BCUT2D eigenvalue weighted by Crippen LogP contribution is -1.96. The molecule has 70 valence electrons. The summed E-state index contributed by atoms with van der Waals surface area (Å²) in [6.07, 6.45) is 2.69. The smallest absolute Gasteiger partial charge is 0.129 e. The van der Waals surface area contributed by atoms with Crippen LogP contribution in [0.2, 0.25) is 5.15 Å². The highest BCUT2D eigenvalue weighted by molar-refractivity contribution is 6.29. The molecule has 1 rings (SSSR count). The lowest BCUT2D eigenvalue weighted by molar-refractivity contribution is 0.123. The molecule has 2 nitrogen and oxygen atoms in total. The summed E-state index contributed by atoms with van der Waals surface area (Å²) in [7, 11) is 0. The van der Waals surface area contributed by atoms with Crippen molar-refractivity contribution in [3.8, 4) is 0 Å². The summed E-state index contributed by atoms with van der Waals surface area (Å²) in [5.74, 6) is 0. The van der Waals surface area contributed by atoms with E-state index in [1.807, 2.05) is 18.2 Å². The van der Waals surface area contributed by atoms with E-state index < -0.39 is 0 Å².